The molecule has 2 heterocycles. The average molecular weight is 317 g/mol. The minimum atomic E-state index is -0.398. The van der Waals surface area contributed by atoms with Gasteiger partial charge < -0.3 is 9.72 Å². The number of ketones is 1. The van der Waals surface area contributed by atoms with Crippen molar-refractivity contribution in [3.8, 4) is 0 Å². The summed E-state index contributed by atoms with van der Waals surface area (Å²) in [5, 5.41) is 0. The fourth-order valence-electron chi connectivity index (χ4n) is 2.29. The molecule has 0 spiro atoms. The van der Waals surface area contributed by atoms with E-state index in [0.29, 0.717) is 29.1 Å². The standard InChI is InChI=1S/C17H19NO3S/c1-5-21-17(20)15-11(3)16(18-12(15)4)14(19)9-8-13-7-6-10(2)22-13/h6-9,18H,5H2,1-4H3/b9-8-. The largest absolute Gasteiger partial charge is 0.462 e. The normalized spacial score (nSPS) is 11.1. The number of carbonyl (C=O) groups excluding carboxylic acids is 2. The number of ether oxygens (including phenoxy) is 1. The molecule has 0 radical (unpaired) electrons. The Hall–Kier alpha value is -2.14. The number of aromatic amines is 1. The minimum Gasteiger partial charge on any atom is -0.462 e. The van der Waals surface area contributed by atoms with Crippen molar-refractivity contribution >= 4 is 29.2 Å². The lowest BCUT2D eigenvalue weighted by Gasteiger charge is -2.01. The van der Waals surface area contributed by atoms with E-state index in [1.54, 1.807) is 38.2 Å². The van der Waals surface area contributed by atoms with E-state index >= 15 is 0 Å². The highest BCUT2D eigenvalue weighted by atomic mass is 32.1. The number of aryl methyl sites for hydroxylation is 2. The summed E-state index contributed by atoms with van der Waals surface area (Å²) in [5.74, 6) is -0.548. The predicted octanol–water partition coefficient (Wildman–Crippen LogP) is 4.07. The average Bonchev–Trinajstić information content (AvgIpc) is 3.00. The second-order valence-corrected chi connectivity index (χ2v) is 6.31. The van der Waals surface area contributed by atoms with Gasteiger partial charge in [-0.2, -0.15) is 0 Å². The van der Waals surface area contributed by atoms with Crippen molar-refractivity contribution in [1.82, 2.24) is 4.98 Å². The maximum absolute atomic E-state index is 12.3. The van der Waals surface area contributed by atoms with Crippen molar-refractivity contribution in [3.63, 3.8) is 0 Å². The number of rotatable bonds is 5. The van der Waals surface area contributed by atoms with Gasteiger partial charge in [-0.3, -0.25) is 4.79 Å². The van der Waals surface area contributed by atoms with Crippen LogP contribution in [0, 0.1) is 20.8 Å². The quantitative estimate of drug-likeness (QED) is 0.513. The fraction of sp³-hybridized carbons (Fsp3) is 0.294. The molecule has 2 aromatic rings. The zero-order valence-electron chi connectivity index (χ0n) is 13.1. The summed E-state index contributed by atoms with van der Waals surface area (Å²) in [6, 6.07) is 3.98. The first-order chi connectivity index (χ1) is 10.4. The van der Waals surface area contributed by atoms with Crippen molar-refractivity contribution in [1.29, 1.82) is 0 Å². The lowest BCUT2D eigenvalue weighted by Crippen LogP contribution is -2.07. The SMILES string of the molecule is CCOC(=O)c1c(C)[nH]c(C(=O)/C=C\c2ccc(C)s2)c1C. The van der Waals surface area contributed by atoms with Gasteiger partial charge in [0.2, 0.25) is 5.78 Å². The smallest absolute Gasteiger partial charge is 0.340 e. The molecule has 0 aliphatic rings. The summed E-state index contributed by atoms with van der Waals surface area (Å²) in [7, 11) is 0. The molecular formula is C17H19NO3S. The highest BCUT2D eigenvalue weighted by Crippen LogP contribution is 2.21. The number of nitrogens with one attached hydrogen (secondary N) is 1. The first-order valence-corrected chi connectivity index (χ1v) is 7.90. The third kappa shape index (κ3) is 3.36. The zero-order valence-corrected chi connectivity index (χ0v) is 14.0. The van der Waals surface area contributed by atoms with Gasteiger partial charge >= 0.3 is 5.97 Å². The Morgan fingerprint density at radius 2 is 2.00 bits per heavy atom. The van der Waals surface area contributed by atoms with Crippen molar-refractivity contribution in [3.05, 3.63) is 50.5 Å². The van der Waals surface area contributed by atoms with Crippen molar-refractivity contribution in [2.75, 3.05) is 6.61 Å². The van der Waals surface area contributed by atoms with E-state index in [2.05, 4.69) is 4.98 Å². The number of hydrogen-bond acceptors (Lipinski definition) is 4. The topological polar surface area (TPSA) is 59.2 Å². The summed E-state index contributed by atoms with van der Waals surface area (Å²) in [6.45, 7) is 7.61. The van der Waals surface area contributed by atoms with Gasteiger partial charge in [0.1, 0.15) is 0 Å². The number of esters is 1. The van der Waals surface area contributed by atoms with Gasteiger partial charge in [0.15, 0.2) is 0 Å². The first kappa shape index (κ1) is 16.2. The minimum absolute atomic E-state index is 0.151. The molecule has 5 heteroatoms. The Morgan fingerprint density at radius 1 is 1.27 bits per heavy atom. The second-order valence-electron chi connectivity index (χ2n) is 4.99. The number of thiophene rings is 1. The summed E-state index contributed by atoms with van der Waals surface area (Å²) >= 11 is 1.63. The van der Waals surface area contributed by atoms with Crippen LogP contribution in [0.1, 0.15) is 48.8 Å². The summed E-state index contributed by atoms with van der Waals surface area (Å²) in [4.78, 5) is 29.5. The summed E-state index contributed by atoms with van der Waals surface area (Å²) < 4.78 is 5.03. The van der Waals surface area contributed by atoms with Gasteiger partial charge in [0.05, 0.1) is 17.9 Å². The third-order valence-electron chi connectivity index (χ3n) is 3.32. The molecule has 0 saturated carbocycles. The van der Waals surface area contributed by atoms with E-state index < -0.39 is 5.97 Å². The summed E-state index contributed by atoms with van der Waals surface area (Å²) in [6.07, 6.45) is 3.32. The number of hydrogen-bond donors (Lipinski definition) is 1. The fourth-order valence-corrected chi connectivity index (χ4v) is 3.07. The number of H-pyrrole nitrogens is 1. The molecule has 0 unspecified atom stereocenters. The molecule has 0 saturated heterocycles. The van der Waals surface area contributed by atoms with E-state index in [1.807, 2.05) is 19.1 Å². The highest BCUT2D eigenvalue weighted by Gasteiger charge is 2.21. The van der Waals surface area contributed by atoms with Gasteiger partial charge in [-0.15, -0.1) is 11.3 Å². The molecule has 0 amide bonds. The van der Waals surface area contributed by atoms with Crippen LogP contribution in [-0.2, 0) is 4.74 Å². The van der Waals surface area contributed by atoms with Crippen LogP contribution in [0.2, 0.25) is 0 Å². The molecule has 2 aromatic heterocycles. The highest BCUT2D eigenvalue weighted by molar-refractivity contribution is 7.12. The molecule has 22 heavy (non-hydrogen) atoms. The maximum Gasteiger partial charge on any atom is 0.340 e. The van der Waals surface area contributed by atoms with Gasteiger partial charge in [0, 0.05) is 15.4 Å². The van der Waals surface area contributed by atoms with Crippen LogP contribution in [0.3, 0.4) is 0 Å². The monoisotopic (exact) mass is 317 g/mol. The molecule has 0 aromatic carbocycles. The molecule has 4 nitrogen and oxygen atoms in total. The molecule has 0 bridgehead atoms. The number of carbonyl (C=O) groups is 2. The second kappa shape index (κ2) is 6.75. The van der Waals surface area contributed by atoms with Gasteiger partial charge in [0.25, 0.3) is 0 Å². The number of allylic oxidation sites excluding steroid dienone is 1. The van der Waals surface area contributed by atoms with E-state index in [4.69, 9.17) is 4.74 Å². The summed E-state index contributed by atoms with van der Waals surface area (Å²) in [5.41, 5.74) is 2.17. The Labute approximate surface area is 133 Å². The molecule has 0 aliphatic heterocycles. The molecule has 0 atom stereocenters. The van der Waals surface area contributed by atoms with Gasteiger partial charge in [-0.25, -0.2) is 4.79 Å². The van der Waals surface area contributed by atoms with Crippen molar-refractivity contribution in [2.45, 2.75) is 27.7 Å². The van der Waals surface area contributed by atoms with E-state index in [9.17, 15) is 9.59 Å². The van der Waals surface area contributed by atoms with E-state index in [0.717, 1.165) is 4.88 Å². The molecule has 116 valence electrons. The maximum atomic E-state index is 12.3. The van der Waals surface area contributed by atoms with Crippen LogP contribution in [0.5, 0.6) is 0 Å². The van der Waals surface area contributed by atoms with Crippen molar-refractivity contribution in [2.24, 2.45) is 0 Å². The Morgan fingerprint density at radius 3 is 2.59 bits per heavy atom. The van der Waals surface area contributed by atoms with Crippen LogP contribution in [0.25, 0.3) is 6.08 Å². The van der Waals surface area contributed by atoms with Crippen LogP contribution >= 0.6 is 11.3 Å². The zero-order chi connectivity index (χ0) is 16.3. The molecule has 1 N–H and O–H groups in total. The predicted molar refractivity (Wildman–Crippen MR) is 88.6 cm³/mol. The lowest BCUT2D eigenvalue weighted by atomic mass is 10.1. The van der Waals surface area contributed by atoms with Crippen molar-refractivity contribution < 1.29 is 14.3 Å². The lowest BCUT2D eigenvalue weighted by molar-refractivity contribution is 0.0525. The Bertz CT molecular complexity index is 737. The molecule has 0 aliphatic carbocycles. The molecule has 2 rings (SSSR count). The first-order valence-electron chi connectivity index (χ1n) is 7.09. The van der Waals surface area contributed by atoms with E-state index in [-0.39, 0.29) is 5.78 Å². The van der Waals surface area contributed by atoms with Gasteiger partial charge in [-0.1, -0.05) is 0 Å². The molecule has 0 fully saturated rings. The van der Waals surface area contributed by atoms with Crippen LogP contribution in [0.4, 0.5) is 0 Å². The van der Waals surface area contributed by atoms with Crippen LogP contribution in [0.15, 0.2) is 18.2 Å². The Balaban J connectivity index is 2.25. The van der Waals surface area contributed by atoms with Gasteiger partial charge in [-0.05, 0) is 57.5 Å². The van der Waals surface area contributed by atoms with E-state index in [1.165, 1.54) is 11.0 Å². The molecular weight excluding hydrogens is 298 g/mol. The van der Waals surface area contributed by atoms with Crippen LogP contribution in [-0.4, -0.2) is 23.3 Å². The third-order valence-corrected chi connectivity index (χ3v) is 4.29. The van der Waals surface area contributed by atoms with Crippen LogP contribution < -0.4 is 0 Å². The Kier molecular flexibility index (Phi) is 4.98. The number of aromatic nitrogens is 1.